The van der Waals surface area contributed by atoms with Gasteiger partial charge in [0.15, 0.2) is 0 Å². The highest BCUT2D eigenvalue weighted by Crippen LogP contribution is 2.26. The van der Waals surface area contributed by atoms with Crippen LogP contribution < -0.4 is 0 Å². The predicted molar refractivity (Wildman–Crippen MR) is 159 cm³/mol. The van der Waals surface area contributed by atoms with Gasteiger partial charge in [0, 0.05) is 16.5 Å². The van der Waals surface area contributed by atoms with Crippen molar-refractivity contribution in [3.8, 4) is 0 Å². The van der Waals surface area contributed by atoms with Gasteiger partial charge < -0.3 is 4.84 Å². The van der Waals surface area contributed by atoms with Crippen molar-refractivity contribution in [1.82, 2.24) is 9.96 Å². The number of hydroxylamine groups is 2. The van der Waals surface area contributed by atoms with Gasteiger partial charge in [-0.1, -0.05) is 94.4 Å². The Balaban J connectivity index is 1.89. The third-order valence-corrected chi connectivity index (χ3v) is 7.52. The lowest BCUT2D eigenvalue weighted by Crippen LogP contribution is -2.51. The first kappa shape index (κ1) is 31.3. The van der Waals surface area contributed by atoms with Crippen molar-refractivity contribution in [2.75, 3.05) is 0 Å². The van der Waals surface area contributed by atoms with Gasteiger partial charge in [-0.05, 0) is 56.0 Å². The van der Waals surface area contributed by atoms with E-state index in [2.05, 4.69) is 0 Å². The predicted octanol–water partition coefficient (Wildman–Crippen LogP) is 6.62. The highest BCUT2D eigenvalue weighted by atomic mass is 16.7. The fraction of sp³-hybridized carbons (Fsp3) is 0.353. The van der Waals surface area contributed by atoms with E-state index in [0.29, 0.717) is 12.8 Å². The van der Waals surface area contributed by atoms with E-state index in [4.69, 9.17) is 4.84 Å². The molecule has 0 fully saturated rings. The minimum absolute atomic E-state index is 0.0709. The molecule has 3 rings (SSSR count). The van der Waals surface area contributed by atoms with Gasteiger partial charge in [-0.2, -0.15) is 5.06 Å². The maximum absolute atomic E-state index is 13.8. The van der Waals surface area contributed by atoms with Crippen molar-refractivity contribution >= 4 is 23.7 Å². The highest BCUT2D eigenvalue weighted by molar-refractivity contribution is 6.07. The average molecular weight is 557 g/mol. The zero-order chi connectivity index (χ0) is 30.2. The molecule has 0 N–H and O–H groups in total. The van der Waals surface area contributed by atoms with Gasteiger partial charge in [-0.15, -0.1) is 0 Å². The number of hydrogen-bond donors (Lipinski definition) is 0. The number of carbonyl (C=O) groups excluding carboxylic acids is 4. The van der Waals surface area contributed by atoms with Crippen LogP contribution in [0.5, 0.6) is 0 Å². The molecule has 3 aromatic rings. The maximum Gasteiger partial charge on any atom is 0.363 e. The molecule has 3 amide bonds. The summed E-state index contributed by atoms with van der Waals surface area (Å²) in [5.41, 5.74) is 0.372. The molecule has 216 valence electrons. The smallest absolute Gasteiger partial charge is 0.332 e. The molecule has 7 nitrogen and oxygen atoms in total. The minimum atomic E-state index is -0.771. The van der Waals surface area contributed by atoms with Crippen LogP contribution in [0.2, 0.25) is 0 Å². The lowest BCUT2D eigenvalue weighted by molar-refractivity contribution is -0.180. The Kier molecular flexibility index (Phi) is 10.2. The minimum Gasteiger partial charge on any atom is -0.332 e. The molecule has 41 heavy (non-hydrogen) atoms. The molecule has 0 saturated carbocycles. The van der Waals surface area contributed by atoms with E-state index >= 15 is 0 Å². The Morgan fingerprint density at radius 3 is 1.83 bits per heavy atom. The Labute approximate surface area is 243 Å². The molecule has 0 atom stereocenters. The monoisotopic (exact) mass is 556 g/mol. The van der Waals surface area contributed by atoms with E-state index in [0.717, 1.165) is 16.2 Å². The van der Waals surface area contributed by atoms with Crippen molar-refractivity contribution in [1.29, 1.82) is 0 Å². The lowest BCUT2D eigenvalue weighted by atomic mass is 9.89. The van der Waals surface area contributed by atoms with Gasteiger partial charge in [0.2, 0.25) is 5.91 Å². The van der Waals surface area contributed by atoms with Crippen LogP contribution in [-0.2, 0) is 27.4 Å². The first-order valence-electron chi connectivity index (χ1n) is 14.0. The first-order chi connectivity index (χ1) is 19.4. The topological polar surface area (TPSA) is 84.0 Å². The quantitative estimate of drug-likeness (QED) is 0.262. The van der Waals surface area contributed by atoms with Crippen LogP contribution in [0.3, 0.4) is 0 Å². The fourth-order valence-corrected chi connectivity index (χ4v) is 4.18. The molecule has 0 aromatic heterocycles. The Hall–Kier alpha value is -4.26. The molecule has 7 heteroatoms. The summed E-state index contributed by atoms with van der Waals surface area (Å²) in [6, 6.07) is 24.6. The van der Waals surface area contributed by atoms with Gasteiger partial charge in [0.1, 0.15) is 0 Å². The second-order valence-electron chi connectivity index (χ2n) is 11.4. The first-order valence-corrected chi connectivity index (χ1v) is 14.0. The van der Waals surface area contributed by atoms with E-state index < -0.39 is 22.8 Å². The summed E-state index contributed by atoms with van der Waals surface area (Å²) >= 11 is 0. The zero-order valence-electron chi connectivity index (χ0n) is 24.8. The van der Waals surface area contributed by atoms with Crippen LogP contribution in [0.25, 0.3) is 0 Å². The van der Waals surface area contributed by atoms with Crippen LogP contribution >= 0.6 is 0 Å². The van der Waals surface area contributed by atoms with Crippen molar-refractivity contribution < 1.29 is 24.0 Å². The van der Waals surface area contributed by atoms with Crippen LogP contribution in [-0.4, -0.2) is 39.2 Å². The number of carbonyl (C=O) groups is 4. The molecule has 0 aliphatic carbocycles. The average Bonchev–Trinajstić information content (AvgIpc) is 2.97. The standard InChI is InChI=1S/C34H40N2O5/c1-7-33(3,4)32(40)35(24-26-18-13-10-14-19-26)41-31(39)28-21-15-20-27(23-28)30(38)36(34(5,6)8-2)29(37)22-25-16-11-9-12-17-25/h9-21,23H,7-8,22,24H2,1-6H3. The van der Waals surface area contributed by atoms with E-state index in [1.54, 1.807) is 26.0 Å². The number of amides is 3. The summed E-state index contributed by atoms with van der Waals surface area (Å²) in [6.07, 6.45) is 1.17. The maximum atomic E-state index is 13.8. The largest absolute Gasteiger partial charge is 0.363 e. The van der Waals surface area contributed by atoms with E-state index in [9.17, 15) is 19.2 Å². The Morgan fingerprint density at radius 2 is 1.27 bits per heavy atom. The summed E-state index contributed by atoms with van der Waals surface area (Å²) in [4.78, 5) is 60.8. The molecule has 3 aromatic carbocycles. The number of imide groups is 1. The third kappa shape index (κ3) is 7.91. The van der Waals surface area contributed by atoms with E-state index in [-0.39, 0.29) is 35.9 Å². The number of rotatable bonds is 10. The summed E-state index contributed by atoms with van der Waals surface area (Å²) in [7, 11) is 0. The second-order valence-corrected chi connectivity index (χ2v) is 11.4. The number of nitrogens with zero attached hydrogens (tertiary/aromatic N) is 2. The molecule has 0 aliphatic rings. The van der Waals surface area contributed by atoms with Crippen molar-refractivity contribution in [3.63, 3.8) is 0 Å². The summed E-state index contributed by atoms with van der Waals surface area (Å²) < 4.78 is 0. The van der Waals surface area contributed by atoms with Gasteiger partial charge in [0.05, 0.1) is 18.5 Å². The van der Waals surface area contributed by atoms with Gasteiger partial charge in [-0.25, -0.2) is 4.79 Å². The van der Waals surface area contributed by atoms with Gasteiger partial charge in [-0.3, -0.25) is 19.3 Å². The third-order valence-electron chi connectivity index (χ3n) is 7.52. The summed E-state index contributed by atoms with van der Waals surface area (Å²) in [5.74, 6) is -1.93. The SMILES string of the molecule is CCC(C)(C)C(=O)N(Cc1ccccc1)OC(=O)c1cccc(C(=O)N(C(=O)Cc2ccccc2)C(C)(C)CC)c1. The second kappa shape index (κ2) is 13.4. The molecule has 0 aliphatic heterocycles. The van der Waals surface area contributed by atoms with Crippen LogP contribution in [0.15, 0.2) is 84.9 Å². The molecule has 0 bridgehead atoms. The molecule has 0 unspecified atom stereocenters. The van der Waals surface area contributed by atoms with Crippen molar-refractivity contribution in [3.05, 3.63) is 107 Å². The summed E-state index contributed by atoms with van der Waals surface area (Å²) in [6.45, 7) is 11.2. The van der Waals surface area contributed by atoms with Crippen LogP contribution in [0, 0.1) is 5.41 Å². The van der Waals surface area contributed by atoms with E-state index in [1.807, 2.05) is 88.4 Å². The van der Waals surface area contributed by atoms with Crippen molar-refractivity contribution in [2.24, 2.45) is 5.41 Å². The van der Waals surface area contributed by atoms with Gasteiger partial charge >= 0.3 is 5.97 Å². The molecule has 0 saturated heterocycles. The number of hydrogen-bond acceptors (Lipinski definition) is 5. The van der Waals surface area contributed by atoms with Crippen LogP contribution in [0.4, 0.5) is 0 Å². The molecule has 0 heterocycles. The molecule has 0 spiro atoms. The Morgan fingerprint density at radius 1 is 0.707 bits per heavy atom. The van der Waals surface area contributed by atoms with E-state index in [1.165, 1.54) is 17.0 Å². The lowest BCUT2D eigenvalue weighted by Gasteiger charge is -2.36. The molecule has 0 radical (unpaired) electrons. The normalized spacial score (nSPS) is 11.5. The zero-order valence-corrected chi connectivity index (χ0v) is 24.8. The molecular formula is C34H40N2O5. The highest BCUT2D eigenvalue weighted by Gasteiger charge is 2.36. The Bertz CT molecular complexity index is 1370. The molecular weight excluding hydrogens is 516 g/mol. The van der Waals surface area contributed by atoms with Crippen LogP contribution in [0.1, 0.15) is 86.2 Å². The fourth-order valence-electron chi connectivity index (χ4n) is 4.18. The van der Waals surface area contributed by atoms with Gasteiger partial charge in [0.25, 0.3) is 11.8 Å². The number of benzene rings is 3. The summed E-state index contributed by atoms with van der Waals surface area (Å²) in [5, 5.41) is 1.09. The van der Waals surface area contributed by atoms with Crippen molar-refractivity contribution in [2.45, 2.75) is 72.9 Å².